The average Bonchev–Trinajstić information content (AvgIpc) is 2.85. The first-order valence-corrected chi connectivity index (χ1v) is 6.92. The lowest BCUT2D eigenvalue weighted by atomic mass is 10.00. The van der Waals surface area contributed by atoms with Crippen LogP contribution >= 0.6 is 11.3 Å². The third kappa shape index (κ3) is 2.76. The summed E-state index contributed by atoms with van der Waals surface area (Å²) >= 11 is 1.55. The monoisotopic (exact) mass is 277 g/mol. The molecule has 0 bridgehead atoms. The smallest absolute Gasteiger partial charge is 0.331 e. The van der Waals surface area contributed by atoms with Crippen LogP contribution in [0.25, 0.3) is 0 Å². The number of carbonyl (C=O) groups is 2. The first kappa shape index (κ1) is 13.5. The Hall–Kier alpha value is -1.88. The molecule has 1 aliphatic heterocycles. The fraction of sp³-hybridized carbons (Fsp3) is 0.286. The number of hydrogen-bond donors (Lipinski definition) is 1. The van der Waals surface area contributed by atoms with Crippen molar-refractivity contribution in [2.45, 2.75) is 19.4 Å². The van der Waals surface area contributed by atoms with Gasteiger partial charge in [0.1, 0.15) is 0 Å². The minimum atomic E-state index is -0.980. The van der Waals surface area contributed by atoms with E-state index >= 15 is 0 Å². The fourth-order valence-electron chi connectivity index (χ4n) is 2.16. The molecule has 2 rings (SSSR count). The number of allylic oxidation sites excluding steroid dienone is 3. The van der Waals surface area contributed by atoms with Crippen molar-refractivity contribution in [3.8, 4) is 0 Å². The predicted octanol–water partition coefficient (Wildman–Crippen LogP) is 2.39. The standard InChI is InChI=1S/C14H15NO3S/c1-2-3-4-5-12(16)15-8-6-11-10(7-9-19-11)13(15)14(17)18/h2-5,7,9,13H,6,8H2,1H3,(H,17,18). The largest absolute Gasteiger partial charge is 0.479 e. The molecule has 5 heteroatoms. The van der Waals surface area contributed by atoms with E-state index in [1.807, 2.05) is 18.4 Å². The molecule has 1 atom stereocenters. The molecule has 0 aromatic carbocycles. The Balaban J connectivity index is 2.26. The van der Waals surface area contributed by atoms with Crippen LogP contribution in [0.3, 0.4) is 0 Å². The van der Waals surface area contributed by atoms with Crippen molar-refractivity contribution in [2.75, 3.05) is 6.54 Å². The molecule has 1 N–H and O–H groups in total. The van der Waals surface area contributed by atoms with Crippen molar-refractivity contribution in [3.05, 3.63) is 46.2 Å². The molecule has 0 saturated carbocycles. The lowest BCUT2D eigenvalue weighted by molar-refractivity contribution is -0.149. The zero-order valence-electron chi connectivity index (χ0n) is 10.6. The molecule has 1 aromatic heterocycles. The molecule has 19 heavy (non-hydrogen) atoms. The number of rotatable bonds is 3. The highest BCUT2D eigenvalue weighted by molar-refractivity contribution is 7.10. The summed E-state index contributed by atoms with van der Waals surface area (Å²) < 4.78 is 0. The van der Waals surface area contributed by atoms with Crippen LogP contribution in [0.15, 0.2) is 35.8 Å². The molecule has 1 amide bonds. The van der Waals surface area contributed by atoms with Gasteiger partial charge < -0.3 is 10.0 Å². The quantitative estimate of drug-likeness (QED) is 0.681. The summed E-state index contributed by atoms with van der Waals surface area (Å²) in [5, 5.41) is 11.2. The minimum absolute atomic E-state index is 0.262. The number of fused-ring (bicyclic) bond motifs is 1. The van der Waals surface area contributed by atoms with E-state index in [-0.39, 0.29) is 5.91 Å². The molecule has 0 aliphatic carbocycles. The van der Waals surface area contributed by atoms with E-state index in [1.165, 1.54) is 11.0 Å². The number of aliphatic carboxylic acids is 1. The maximum Gasteiger partial charge on any atom is 0.331 e. The summed E-state index contributed by atoms with van der Waals surface area (Å²) in [5.41, 5.74) is 0.747. The van der Waals surface area contributed by atoms with Crippen molar-refractivity contribution in [1.29, 1.82) is 0 Å². The number of carboxylic acids is 1. The van der Waals surface area contributed by atoms with Gasteiger partial charge in [0.25, 0.3) is 0 Å². The van der Waals surface area contributed by atoms with E-state index in [0.717, 1.165) is 16.9 Å². The summed E-state index contributed by atoms with van der Waals surface area (Å²) in [4.78, 5) is 26.0. The van der Waals surface area contributed by atoms with Gasteiger partial charge in [-0.3, -0.25) is 4.79 Å². The summed E-state index contributed by atoms with van der Waals surface area (Å²) in [6.07, 6.45) is 7.32. The zero-order valence-corrected chi connectivity index (χ0v) is 11.4. The number of amides is 1. The van der Waals surface area contributed by atoms with Gasteiger partial charge in [-0.1, -0.05) is 18.2 Å². The van der Waals surface area contributed by atoms with Gasteiger partial charge in [0.05, 0.1) is 0 Å². The maximum absolute atomic E-state index is 12.1. The van der Waals surface area contributed by atoms with E-state index in [9.17, 15) is 14.7 Å². The van der Waals surface area contributed by atoms with E-state index in [1.54, 1.807) is 29.6 Å². The average molecular weight is 277 g/mol. The van der Waals surface area contributed by atoms with Crippen LogP contribution < -0.4 is 0 Å². The van der Waals surface area contributed by atoms with Crippen molar-refractivity contribution in [2.24, 2.45) is 0 Å². The lowest BCUT2D eigenvalue weighted by Gasteiger charge is -2.32. The SMILES string of the molecule is CC=CC=CC(=O)N1CCc2sccc2C1C(=O)O. The van der Waals surface area contributed by atoms with Crippen molar-refractivity contribution in [3.63, 3.8) is 0 Å². The number of carboxylic acid groups (broad SMARTS) is 1. The Morgan fingerprint density at radius 1 is 1.47 bits per heavy atom. The Morgan fingerprint density at radius 2 is 2.26 bits per heavy atom. The minimum Gasteiger partial charge on any atom is -0.479 e. The van der Waals surface area contributed by atoms with Gasteiger partial charge >= 0.3 is 5.97 Å². The van der Waals surface area contributed by atoms with Crippen LogP contribution in [0.1, 0.15) is 23.4 Å². The van der Waals surface area contributed by atoms with Crippen molar-refractivity contribution >= 4 is 23.2 Å². The molecular weight excluding hydrogens is 262 g/mol. The van der Waals surface area contributed by atoms with Crippen LogP contribution in [0, 0.1) is 0 Å². The molecule has 0 spiro atoms. The third-order valence-corrected chi connectivity index (χ3v) is 4.02. The summed E-state index contributed by atoms with van der Waals surface area (Å²) in [6.45, 7) is 2.30. The van der Waals surface area contributed by atoms with Crippen molar-refractivity contribution < 1.29 is 14.7 Å². The van der Waals surface area contributed by atoms with E-state index in [2.05, 4.69) is 0 Å². The summed E-state index contributed by atoms with van der Waals surface area (Å²) in [6, 6.07) is 0.936. The highest BCUT2D eigenvalue weighted by atomic mass is 32.1. The first-order valence-electron chi connectivity index (χ1n) is 6.04. The Morgan fingerprint density at radius 3 is 2.95 bits per heavy atom. The molecule has 100 valence electrons. The molecule has 0 fully saturated rings. The Labute approximate surface area is 115 Å². The van der Waals surface area contributed by atoms with Gasteiger partial charge in [0, 0.05) is 17.5 Å². The fourth-order valence-corrected chi connectivity index (χ4v) is 3.07. The number of nitrogens with zero attached hydrogens (tertiary/aromatic N) is 1. The van der Waals surface area contributed by atoms with Crippen molar-refractivity contribution in [1.82, 2.24) is 4.90 Å². The van der Waals surface area contributed by atoms with Gasteiger partial charge in [-0.2, -0.15) is 0 Å². The highest BCUT2D eigenvalue weighted by Gasteiger charge is 2.35. The van der Waals surface area contributed by atoms with Gasteiger partial charge in [-0.15, -0.1) is 11.3 Å². The normalized spacial score (nSPS) is 19.0. The second-order valence-electron chi connectivity index (χ2n) is 4.21. The molecule has 4 nitrogen and oxygen atoms in total. The molecule has 1 aromatic rings. The second kappa shape index (κ2) is 5.84. The lowest BCUT2D eigenvalue weighted by Crippen LogP contribution is -2.42. The van der Waals surface area contributed by atoms with E-state index in [4.69, 9.17) is 0 Å². The molecular formula is C14H15NO3S. The molecule has 1 aliphatic rings. The number of carbonyl (C=O) groups excluding carboxylic acids is 1. The van der Waals surface area contributed by atoms with Crippen LogP contribution in [0.2, 0.25) is 0 Å². The highest BCUT2D eigenvalue weighted by Crippen LogP contribution is 2.33. The van der Waals surface area contributed by atoms with Gasteiger partial charge in [0.15, 0.2) is 6.04 Å². The van der Waals surface area contributed by atoms with Crippen LogP contribution in [0.5, 0.6) is 0 Å². The molecule has 1 unspecified atom stereocenters. The molecule has 2 heterocycles. The topological polar surface area (TPSA) is 57.6 Å². The number of thiophene rings is 1. The van der Waals surface area contributed by atoms with Gasteiger partial charge in [-0.05, 0) is 30.4 Å². The molecule has 0 radical (unpaired) electrons. The number of hydrogen-bond acceptors (Lipinski definition) is 3. The van der Waals surface area contributed by atoms with Crippen LogP contribution in [-0.2, 0) is 16.0 Å². The van der Waals surface area contributed by atoms with Crippen LogP contribution in [0.4, 0.5) is 0 Å². The maximum atomic E-state index is 12.1. The van der Waals surface area contributed by atoms with E-state index < -0.39 is 12.0 Å². The van der Waals surface area contributed by atoms with E-state index in [0.29, 0.717) is 6.54 Å². The van der Waals surface area contributed by atoms with Gasteiger partial charge in [0.2, 0.25) is 5.91 Å². The Kier molecular flexibility index (Phi) is 4.16. The zero-order chi connectivity index (χ0) is 13.8. The molecule has 0 saturated heterocycles. The third-order valence-electron chi connectivity index (χ3n) is 3.03. The van der Waals surface area contributed by atoms with Gasteiger partial charge in [-0.25, -0.2) is 4.79 Å². The first-order chi connectivity index (χ1) is 9.15. The van der Waals surface area contributed by atoms with Crippen LogP contribution in [-0.4, -0.2) is 28.4 Å². The Bertz CT molecular complexity index is 545. The predicted molar refractivity (Wildman–Crippen MR) is 74.1 cm³/mol. The summed E-state index contributed by atoms with van der Waals surface area (Å²) in [5.74, 6) is -1.24. The summed E-state index contributed by atoms with van der Waals surface area (Å²) in [7, 11) is 0. The second-order valence-corrected chi connectivity index (χ2v) is 5.21.